The molecule has 23 heavy (non-hydrogen) atoms. The molecule has 0 saturated heterocycles. The highest BCUT2D eigenvalue weighted by Crippen LogP contribution is 2.25. The molecular weight excluding hydrogens is 290 g/mol. The van der Waals surface area contributed by atoms with Crippen molar-refractivity contribution in [1.82, 2.24) is 0 Å². The van der Waals surface area contributed by atoms with E-state index in [1.54, 1.807) is 20.3 Å². The Morgan fingerprint density at radius 2 is 2.00 bits per heavy atom. The van der Waals surface area contributed by atoms with E-state index in [2.05, 4.69) is 11.2 Å². The van der Waals surface area contributed by atoms with Crippen LogP contribution in [0, 0.1) is 12.3 Å². The fourth-order valence-electron chi connectivity index (χ4n) is 2.24. The van der Waals surface area contributed by atoms with E-state index in [0.717, 1.165) is 22.6 Å². The van der Waals surface area contributed by atoms with E-state index < -0.39 is 0 Å². The van der Waals surface area contributed by atoms with Gasteiger partial charge in [-0.25, -0.2) is 0 Å². The lowest BCUT2D eigenvalue weighted by molar-refractivity contribution is -0.116. The summed E-state index contributed by atoms with van der Waals surface area (Å²) in [4.78, 5) is 12.1. The molecule has 0 saturated carbocycles. The van der Waals surface area contributed by atoms with Crippen LogP contribution in [0.2, 0.25) is 0 Å². The number of rotatable bonds is 6. The summed E-state index contributed by atoms with van der Waals surface area (Å²) < 4.78 is 10.5. The second-order valence-corrected chi connectivity index (χ2v) is 4.95. The molecule has 0 bridgehead atoms. The zero-order valence-corrected chi connectivity index (χ0v) is 13.3. The Morgan fingerprint density at radius 1 is 1.17 bits per heavy atom. The fourth-order valence-corrected chi connectivity index (χ4v) is 2.24. The van der Waals surface area contributed by atoms with E-state index >= 15 is 0 Å². The monoisotopic (exact) mass is 309 g/mol. The average molecular weight is 309 g/mol. The molecule has 2 rings (SSSR count). The first-order chi connectivity index (χ1) is 11.2. The molecule has 0 radical (unpaired) electrons. The number of carbonyl (C=O) groups excluding carboxylic acids is 1. The SMILES string of the molecule is C#Cc1cccc(NC(=O)CCc2cc(OC)ccc2OC)c1. The number of hydrogen-bond donors (Lipinski definition) is 1. The summed E-state index contributed by atoms with van der Waals surface area (Å²) in [6.45, 7) is 0. The molecule has 118 valence electrons. The number of ether oxygens (including phenoxy) is 2. The van der Waals surface area contributed by atoms with Gasteiger partial charge in [0.1, 0.15) is 11.5 Å². The van der Waals surface area contributed by atoms with Crippen molar-refractivity contribution in [2.45, 2.75) is 12.8 Å². The number of nitrogens with one attached hydrogen (secondary N) is 1. The molecule has 2 aromatic rings. The first kappa shape index (κ1) is 16.4. The number of methoxy groups -OCH3 is 2. The first-order valence-corrected chi connectivity index (χ1v) is 7.23. The zero-order valence-electron chi connectivity index (χ0n) is 13.3. The largest absolute Gasteiger partial charge is 0.497 e. The smallest absolute Gasteiger partial charge is 0.224 e. The van der Waals surface area contributed by atoms with E-state index in [0.29, 0.717) is 18.5 Å². The summed E-state index contributed by atoms with van der Waals surface area (Å²) in [6, 6.07) is 12.8. The van der Waals surface area contributed by atoms with E-state index in [9.17, 15) is 4.79 Å². The van der Waals surface area contributed by atoms with Gasteiger partial charge in [0.15, 0.2) is 0 Å². The summed E-state index contributed by atoms with van der Waals surface area (Å²) >= 11 is 0. The second kappa shape index (κ2) is 7.90. The summed E-state index contributed by atoms with van der Waals surface area (Å²) in [5.41, 5.74) is 2.36. The number of amides is 1. The fraction of sp³-hybridized carbons (Fsp3) is 0.211. The van der Waals surface area contributed by atoms with Crippen molar-refractivity contribution in [2.24, 2.45) is 0 Å². The van der Waals surface area contributed by atoms with Crippen LogP contribution in [0.5, 0.6) is 11.5 Å². The Labute approximate surface area is 136 Å². The molecule has 0 aliphatic rings. The molecule has 1 N–H and O–H groups in total. The summed E-state index contributed by atoms with van der Waals surface area (Å²) in [6.07, 6.45) is 6.25. The number of hydrogen-bond acceptors (Lipinski definition) is 3. The third-order valence-corrected chi connectivity index (χ3v) is 3.42. The molecule has 1 amide bonds. The number of aryl methyl sites for hydroxylation is 1. The Balaban J connectivity index is 2.00. The molecule has 0 aliphatic heterocycles. The quantitative estimate of drug-likeness (QED) is 0.833. The molecule has 0 spiro atoms. The van der Waals surface area contributed by atoms with E-state index in [1.807, 2.05) is 36.4 Å². The maximum absolute atomic E-state index is 12.1. The second-order valence-electron chi connectivity index (χ2n) is 4.95. The highest BCUT2D eigenvalue weighted by atomic mass is 16.5. The van der Waals surface area contributed by atoms with Crippen LogP contribution >= 0.6 is 0 Å². The third-order valence-electron chi connectivity index (χ3n) is 3.42. The molecule has 4 nitrogen and oxygen atoms in total. The molecule has 0 aromatic heterocycles. The lowest BCUT2D eigenvalue weighted by Crippen LogP contribution is -2.12. The van der Waals surface area contributed by atoms with Crippen molar-refractivity contribution in [3.63, 3.8) is 0 Å². The van der Waals surface area contributed by atoms with Crippen molar-refractivity contribution in [2.75, 3.05) is 19.5 Å². The molecular formula is C19H19NO3. The molecule has 4 heteroatoms. The van der Waals surface area contributed by atoms with Crippen LogP contribution < -0.4 is 14.8 Å². The van der Waals surface area contributed by atoms with Crippen molar-refractivity contribution in [3.05, 3.63) is 53.6 Å². The van der Waals surface area contributed by atoms with Crippen LogP contribution in [0.1, 0.15) is 17.5 Å². The zero-order chi connectivity index (χ0) is 16.7. The van der Waals surface area contributed by atoms with Crippen LogP contribution in [-0.4, -0.2) is 20.1 Å². The number of terminal acetylenes is 1. The van der Waals surface area contributed by atoms with Gasteiger partial charge in [0.2, 0.25) is 5.91 Å². The molecule has 2 aromatic carbocycles. The Kier molecular flexibility index (Phi) is 5.65. The molecule has 0 aliphatic carbocycles. The van der Waals surface area contributed by atoms with Gasteiger partial charge < -0.3 is 14.8 Å². The maximum Gasteiger partial charge on any atom is 0.224 e. The topological polar surface area (TPSA) is 47.6 Å². The van der Waals surface area contributed by atoms with Crippen LogP contribution in [0.25, 0.3) is 0 Å². The maximum atomic E-state index is 12.1. The Hall–Kier alpha value is -2.93. The predicted octanol–water partition coefficient (Wildman–Crippen LogP) is 3.26. The van der Waals surface area contributed by atoms with E-state index in [-0.39, 0.29) is 5.91 Å². The third kappa shape index (κ3) is 4.52. The highest BCUT2D eigenvalue weighted by Gasteiger charge is 2.09. The van der Waals surface area contributed by atoms with Crippen molar-refractivity contribution in [3.8, 4) is 23.8 Å². The summed E-state index contributed by atoms with van der Waals surface area (Å²) in [5.74, 6) is 3.95. The van der Waals surface area contributed by atoms with E-state index in [4.69, 9.17) is 15.9 Å². The lowest BCUT2D eigenvalue weighted by Gasteiger charge is -2.11. The van der Waals surface area contributed by atoms with Gasteiger partial charge in [-0.05, 0) is 48.4 Å². The van der Waals surface area contributed by atoms with Crippen LogP contribution in [0.4, 0.5) is 5.69 Å². The minimum atomic E-state index is -0.0796. The molecule has 0 heterocycles. The minimum absolute atomic E-state index is 0.0796. The number of benzene rings is 2. The van der Waals surface area contributed by atoms with Gasteiger partial charge in [0, 0.05) is 17.7 Å². The highest BCUT2D eigenvalue weighted by molar-refractivity contribution is 5.91. The first-order valence-electron chi connectivity index (χ1n) is 7.23. The Morgan fingerprint density at radius 3 is 2.70 bits per heavy atom. The van der Waals surface area contributed by atoms with Crippen molar-refractivity contribution in [1.29, 1.82) is 0 Å². The van der Waals surface area contributed by atoms with Crippen LogP contribution in [0.3, 0.4) is 0 Å². The molecule has 0 unspecified atom stereocenters. The number of carbonyl (C=O) groups is 1. The summed E-state index contributed by atoms with van der Waals surface area (Å²) in [5, 5.41) is 2.85. The number of anilines is 1. The molecule has 0 atom stereocenters. The van der Waals surface area contributed by atoms with Gasteiger partial charge in [-0.15, -0.1) is 6.42 Å². The van der Waals surface area contributed by atoms with Gasteiger partial charge in [0.05, 0.1) is 14.2 Å². The van der Waals surface area contributed by atoms with Crippen LogP contribution in [-0.2, 0) is 11.2 Å². The van der Waals surface area contributed by atoms with Gasteiger partial charge in [0.25, 0.3) is 0 Å². The normalized spacial score (nSPS) is 9.78. The predicted molar refractivity (Wildman–Crippen MR) is 90.9 cm³/mol. The molecule has 0 fully saturated rings. The standard InChI is InChI=1S/C19H19NO3/c1-4-14-6-5-7-16(12-14)20-19(21)11-8-15-13-17(22-2)9-10-18(15)23-3/h1,5-7,9-10,12-13H,8,11H2,2-3H3,(H,20,21). The summed E-state index contributed by atoms with van der Waals surface area (Å²) in [7, 11) is 3.22. The average Bonchev–Trinajstić information content (AvgIpc) is 2.59. The minimum Gasteiger partial charge on any atom is -0.497 e. The Bertz CT molecular complexity index is 732. The van der Waals surface area contributed by atoms with Gasteiger partial charge in [-0.1, -0.05) is 12.0 Å². The lowest BCUT2D eigenvalue weighted by atomic mass is 10.1. The van der Waals surface area contributed by atoms with Gasteiger partial charge >= 0.3 is 0 Å². The van der Waals surface area contributed by atoms with Crippen molar-refractivity contribution < 1.29 is 14.3 Å². The van der Waals surface area contributed by atoms with Crippen molar-refractivity contribution >= 4 is 11.6 Å². The van der Waals surface area contributed by atoms with Crippen LogP contribution in [0.15, 0.2) is 42.5 Å². The van der Waals surface area contributed by atoms with Gasteiger partial charge in [-0.3, -0.25) is 4.79 Å². The van der Waals surface area contributed by atoms with E-state index in [1.165, 1.54) is 0 Å². The van der Waals surface area contributed by atoms with Gasteiger partial charge in [-0.2, -0.15) is 0 Å².